The fraction of sp³-hybridized carbons (Fsp3) is 0.571. The molecule has 1 aromatic carbocycles. The van der Waals surface area contributed by atoms with Gasteiger partial charge in [0.05, 0.1) is 0 Å². The van der Waals surface area contributed by atoms with Crippen LogP contribution in [0.2, 0.25) is 0 Å². The monoisotopic (exact) mass is 234 g/mol. The molecule has 1 unspecified atom stereocenters. The van der Waals surface area contributed by atoms with Crippen LogP contribution in [0.1, 0.15) is 42.3 Å². The standard InChI is InChI=1S/C14H22N2O/c15-10-14(16-8-1-9-17)13-6-4-12(5-7-13)11-2-3-11/h4-7,11,14,16-17H,1-3,8-10,15H2. The molecular formula is C14H22N2O. The SMILES string of the molecule is NCC(NCCCO)c1ccc(C2CC2)cc1. The van der Waals surface area contributed by atoms with E-state index in [1.54, 1.807) is 0 Å². The van der Waals surface area contributed by atoms with Crippen molar-refractivity contribution in [2.24, 2.45) is 5.73 Å². The molecular weight excluding hydrogens is 212 g/mol. The molecule has 3 heteroatoms. The number of rotatable bonds is 7. The molecule has 0 amide bonds. The summed E-state index contributed by atoms with van der Waals surface area (Å²) < 4.78 is 0. The van der Waals surface area contributed by atoms with Crippen LogP contribution in [0.5, 0.6) is 0 Å². The Labute approximate surface area is 103 Å². The fourth-order valence-electron chi connectivity index (χ4n) is 2.11. The molecule has 1 aromatic rings. The molecule has 1 atom stereocenters. The molecule has 0 heterocycles. The van der Waals surface area contributed by atoms with Gasteiger partial charge >= 0.3 is 0 Å². The van der Waals surface area contributed by atoms with Crippen LogP contribution >= 0.6 is 0 Å². The van der Waals surface area contributed by atoms with Gasteiger partial charge in [-0.15, -0.1) is 0 Å². The van der Waals surface area contributed by atoms with Crippen molar-refractivity contribution in [1.82, 2.24) is 5.32 Å². The first-order valence-corrected chi connectivity index (χ1v) is 6.49. The molecule has 2 rings (SSSR count). The van der Waals surface area contributed by atoms with Gasteiger partial charge in [0.15, 0.2) is 0 Å². The Morgan fingerprint density at radius 3 is 2.53 bits per heavy atom. The first-order chi connectivity index (χ1) is 8.35. The van der Waals surface area contributed by atoms with Crippen LogP contribution in [0.3, 0.4) is 0 Å². The first-order valence-electron chi connectivity index (χ1n) is 6.49. The summed E-state index contributed by atoms with van der Waals surface area (Å²) in [6.45, 7) is 1.63. The number of aliphatic hydroxyl groups excluding tert-OH is 1. The van der Waals surface area contributed by atoms with E-state index < -0.39 is 0 Å². The second kappa shape index (κ2) is 6.15. The lowest BCUT2D eigenvalue weighted by Gasteiger charge is -2.17. The number of aliphatic hydroxyl groups is 1. The lowest BCUT2D eigenvalue weighted by Crippen LogP contribution is -2.29. The lowest BCUT2D eigenvalue weighted by molar-refractivity contribution is 0.283. The molecule has 1 aliphatic rings. The van der Waals surface area contributed by atoms with Crippen molar-refractivity contribution in [2.75, 3.05) is 19.7 Å². The van der Waals surface area contributed by atoms with Crippen molar-refractivity contribution < 1.29 is 5.11 Å². The van der Waals surface area contributed by atoms with Crippen molar-refractivity contribution in [3.63, 3.8) is 0 Å². The molecule has 1 fully saturated rings. The Morgan fingerprint density at radius 1 is 1.29 bits per heavy atom. The number of benzene rings is 1. The van der Waals surface area contributed by atoms with Gasteiger partial charge in [0, 0.05) is 19.2 Å². The summed E-state index contributed by atoms with van der Waals surface area (Å²) in [5.74, 6) is 0.808. The van der Waals surface area contributed by atoms with Gasteiger partial charge in [0.2, 0.25) is 0 Å². The Kier molecular flexibility index (Phi) is 4.54. The zero-order valence-electron chi connectivity index (χ0n) is 10.2. The predicted octanol–water partition coefficient (Wildman–Crippen LogP) is 1.54. The normalized spacial score (nSPS) is 17.1. The highest BCUT2D eigenvalue weighted by Gasteiger charge is 2.23. The minimum absolute atomic E-state index is 0.204. The van der Waals surface area contributed by atoms with E-state index in [0.29, 0.717) is 6.54 Å². The topological polar surface area (TPSA) is 58.3 Å². The second-order valence-corrected chi connectivity index (χ2v) is 4.76. The van der Waals surface area contributed by atoms with Crippen molar-refractivity contribution in [1.29, 1.82) is 0 Å². The molecule has 0 saturated heterocycles. The largest absolute Gasteiger partial charge is 0.396 e. The molecule has 4 N–H and O–H groups in total. The third-order valence-corrected chi connectivity index (χ3v) is 3.35. The van der Waals surface area contributed by atoms with E-state index in [9.17, 15) is 0 Å². The van der Waals surface area contributed by atoms with E-state index in [0.717, 1.165) is 18.9 Å². The summed E-state index contributed by atoms with van der Waals surface area (Å²) in [4.78, 5) is 0. The van der Waals surface area contributed by atoms with Gasteiger partial charge in [0.1, 0.15) is 0 Å². The summed E-state index contributed by atoms with van der Waals surface area (Å²) in [5.41, 5.74) is 8.48. The Bertz CT molecular complexity index is 333. The van der Waals surface area contributed by atoms with E-state index in [4.69, 9.17) is 10.8 Å². The molecule has 94 valence electrons. The van der Waals surface area contributed by atoms with E-state index in [2.05, 4.69) is 29.6 Å². The average Bonchev–Trinajstić information content (AvgIpc) is 3.19. The van der Waals surface area contributed by atoms with Crippen molar-refractivity contribution in [3.8, 4) is 0 Å². The molecule has 0 aliphatic heterocycles. The summed E-state index contributed by atoms with van der Waals surface area (Å²) >= 11 is 0. The van der Waals surface area contributed by atoms with Crippen LogP contribution in [0.25, 0.3) is 0 Å². The predicted molar refractivity (Wildman–Crippen MR) is 69.9 cm³/mol. The Hall–Kier alpha value is -0.900. The molecule has 17 heavy (non-hydrogen) atoms. The van der Waals surface area contributed by atoms with Gasteiger partial charge in [0.25, 0.3) is 0 Å². The summed E-state index contributed by atoms with van der Waals surface area (Å²) in [7, 11) is 0. The maximum absolute atomic E-state index is 8.76. The number of nitrogens with two attached hydrogens (primary N) is 1. The number of hydrogen-bond acceptors (Lipinski definition) is 3. The first kappa shape index (κ1) is 12.6. The van der Waals surface area contributed by atoms with Gasteiger partial charge in [-0.05, 0) is 42.9 Å². The highest BCUT2D eigenvalue weighted by molar-refractivity contribution is 5.29. The molecule has 1 aliphatic carbocycles. The zero-order valence-corrected chi connectivity index (χ0v) is 10.2. The number of nitrogens with one attached hydrogen (secondary N) is 1. The molecule has 3 nitrogen and oxygen atoms in total. The molecule has 0 bridgehead atoms. The maximum Gasteiger partial charge on any atom is 0.0444 e. The van der Waals surface area contributed by atoms with Crippen LogP contribution < -0.4 is 11.1 Å². The van der Waals surface area contributed by atoms with Crippen LogP contribution in [-0.4, -0.2) is 24.8 Å². The van der Waals surface area contributed by atoms with E-state index in [-0.39, 0.29) is 12.6 Å². The third-order valence-electron chi connectivity index (χ3n) is 3.35. The van der Waals surface area contributed by atoms with Gasteiger partial charge < -0.3 is 16.2 Å². The molecule has 0 aromatic heterocycles. The van der Waals surface area contributed by atoms with Crippen LogP contribution in [0.15, 0.2) is 24.3 Å². The van der Waals surface area contributed by atoms with Crippen LogP contribution in [0, 0.1) is 0 Å². The molecule has 0 radical (unpaired) electrons. The smallest absolute Gasteiger partial charge is 0.0444 e. The van der Waals surface area contributed by atoms with E-state index in [1.807, 2.05) is 0 Å². The van der Waals surface area contributed by atoms with Gasteiger partial charge in [-0.1, -0.05) is 24.3 Å². The van der Waals surface area contributed by atoms with Gasteiger partial charge in [-0.2, -0.15) is 0 Å². The highest BCUT2D eigenvalue weighted by atomic mass is 16.3. The fourth-order valence-corrected chi connectivity index (χ4v) is 2.11. The summed E-state index contributed by atoms with van der Waals surface area (Å²) in [6.07, 6.45) is 3.46. The average molecular weight is 234 g/mol. The summed E-state index contributed by atoms with van der Waals surface area (Å²) in [5, 5.41) is 12.1. The van der Waals surface area contributed by atoms with Crippen molar-refractivity contribution in [3.05, 3.63) is 35.4 Å². The second-order valence-electron chi connectivity index (χ2n) is 4.76. The van der Waals surface area contributed by atoms with E-state index in [1.165, 1.54) is 24.0 Å². The quantitative estimate of drug-likeness (QED) is 0.627. The summed E-state index contributed by atoms with van der Waals surface area (Å²) in [6, 6.07) is 9.01. The third kappa shape index (κ3) is 3.53. The van der Waals surface area contributed by atoms with E-state index >= 15 is 0 Å². The molecule has 1 saturated carbocycles. The highest BCUT2D eigenvalue weighted by Crippen LogP contribution is 2.40. The minimum atomic E-state index is 0.204. The van der Waals surface area contributed by atoms with Gasteiger partial charge in [-0.3, -0.25) is 0 Å². The molecule has 0 spiro atoms. The Balaban J connectivity index is 1.92. The van der Waals surface area contributed by atoms with Crippen LogP contribution in [0.4, 0.5) is 0 Å². The minimum Gasteiger partial charge on any atom is -0.396 e. The van der Waals surface area contributed by atoms with Gasteiger partial charge in [-0.25, -0.2) is 0 Å². The number of hydrogen-bond donors (Lipinski definition) is 3. The van der Waals surface area contributed by atoms with Crippen LogP contribution in [-0.2, 0) is 0 Å². The lowest BCUT2D eigenvalue weighted by atomic mass is 10.0. The Morgan fingerprint density at radius 2 is 2.00 bits per heavy atom. The maximum atomic E-state index is 8.76. The van der Waals surface area contributed by atoms with Crippen molar-refractivity contribution in [2.45, 2.75) is 31.2 Å². The zero-order chi connectivity index (χ0) is 12.1. The van der Waals surface area contributed by atoms with Crippen molar-refractivity contribution >= 4 is 0 Å².